The van der Waals surface area contributed by atoms with Gasteiger partial charge in [0.1, 0.15) is 5.75 Å². The van der Waals surface area contributed by atoms with Gasteiger partial charge in [0.2, 0.25) is 0 Å². The highest BCUT2D eigenvalue weighted by Crippen LogP contribution is 2.32. The molecule has 0 saturated carbocycles. The van der Waals surface area contributed by atoms with Gasteiger partial charge in [-0.15, -0.1) is 0 Å². The van der Waals surface area contributed by atoms with Gasteiger partial charge in [-0.25, -0.2) is 0 Å². The van der Waals surface area contributed by atoms with E-state index in [4.69, 9.17) is 4.74 Å². The zero-order valence-electron chi connectivity index (χ0n) is 11.1. The third-order valence-corrected chi connectivity index (χ3v) is 3.42. The van der Waals surface area contributed by atoms with Crippen molar-refractivity contribution in [2.24, 2.45) is 0 Å². The van der Waals surface area contributed by atoms with Crippen molar-refractivity contribution in [3.05, 3.63) is 41.5 Å². The van der Waals surface area contributed by atoms with Gasteiger partial charge in [-0.3, -0.25) is 0 Å². The number of benzene rings is 1. The van der Waals surface area contributed by atoms with Crippen LogP contribution in [0, 0.1) is 0 Å². The van der Waals surface area contributed by atoms with Gasteiger partial charge in [-0.1, -0.05) is 29.8 Å². The van der Waals surface area contributed by atoms with E-state index in [1.54, 1.807) is 0 Å². The molecule has 2 nitrogen and oxygen atoms in total. The first-order valence-electron chi connectivity index (χ1n) is 6.89. The molecule has 0 aromatic heterocycles. The van der Waals surface area contributed by atoms with E-state index in [9.17, 15) is 5.11 Å². The minimum atomic E-state index is -0.447. The minimum absolute atomic E-state index is 0.447. The minimum Gasteiger partial charge on any atom is -0.493 e. The number of hydrogen-bond donors (Lipinski definition) is 1. The monoisotopic (exact) mass is 246 g/mol. The average molecular weight is 246 g/mol. The second-order valence-corrected chi connectivity index (χ2v) is 4.80. The molecule has 1 aromatic carbocycles. The lowest BCUT2D eigenvalue weighted by atomic mass is 9.92. The molecular weight excluding hydrogens is 224 g/mol. The molecular formula is C16H22O2. The Morgan fingerprint density at radius 1 is 1.28 bits per heavy atom. The molecule has 1 aliphatic carbocycles. The van der Waals surface area contributed by atoms with Gasteiger partial charge in [-0.05, 0) is 45.1 Å². The van der Waals surface area contributed by atoms with E-state index in [-0.39, 0.29) is 0 Å². The lowest BCUT2D eigenvalue weighted by Crippen LogP contribution is -2.05. The highest BCUT2D eigenvalue weighted by Gasteiger charge is 2.15. The summed E-state index contributed by atoms with van der Waals surface area (Å²) in [5, 5.41) is 10.4. The maximum atomic E-state index is 10.4. The van der Waals surface area contributed by atoms with Crippen LogP contribution in [-0.2, 0) is 0 Å². The smallest absolute Gasteiger partial charge is 0.125 e. The quantitative estimate of drug-likeness (QED) is 0.795. The van der Waals surface area contributed by atoms with E-state index in [1.165, 1.54) is 18.4 Å². The Hall–Kier alpha value is -1.28. The van der Waals surface area contributed by atoms with Crippen LogP contribution in [0.25, 0.3) is 0 Å². The van der Waals surface area contributed by atoms with Crippen molar-refractivity contribution < 1.29 is 9.84 Å². The third kappa shape index (κ3) is 3.36. The standard InChI is InChI=1S/C16H22O2/c1-2-18-16-11-7-6-10-14(16)15(17)12-13-8-4-3-5-9-13/h6-8,10-11,15,17H,2-5,9,12H2,1H3. The second-order valence-electron chi connectivity index (χ2n) is 4.80. The van der Waals surface area contributed by atoms with Crippen LogP contribution in [0.5, 0.6) is 5.75 Å². The van der Waals surface area contributed by atoms with Crippen LogP contribution < -0.4 is 4.74 Å². The number of hydrogen-bond acceptors (Lipinski definition) is 2. The molecule has 0 saturated heterocycles. The zero-order chi connectivity index (χ0) is 12.8. The van der Waals surface area contributed by atoms with E-state index in [0.29, 0.717) is 6.61 Å². The summed E-state index contributed by atoms with van der Waals surface area (Å²) in [7, 11) is 0. The maximum absolute atomic E-state index is 10.4. The summed E-state index contributed by atoms with van der Waals surface area (Å²) in [4.78, 5) is 0. The molecule has 0 radical (unpaired) electrons. The number of ether oxygens (including phenoxy) is 1. The average Bonchev–Trinajstić information content (AvgIpc) is 2.41. The third-order valence-electron chi connectivity index (χ3n) is 3.42. The fourth-order valence-electron chi connectivity index (χ4n) is 2.49. The molecule has 2 rings (SSSR count). The molecule has 0 amide bonds. The summed E-state index contributed by atoms with van der Waals surface area (Å²) in [6.45, 7) is 2.60. The van der Waals surface area contributed by atoms with Crippen LogP contribution >= 0.6 is 0 Å². The first-order valence-corrected chi connectivity index (χ1v) is 6.89. The van der Waals surface area contributed by atoms with Crippen molar-refractivity contribution in [2.75, 3.05) is 6.61 Å². The molecule has 1 unspecified atom stereocenters. The van der Waals surface area contributed by atoms with Crippen molar-refractivity contribution in [1.29, 1.82) is 0 Å². The van der Waals surface area contributed by atoms with Crippen LogP contribution in [0.3, 0.4) is 0 Å². The first kappa shape index (κ1) is 13.2. The van der Waals surface area contributed by atoms with E-state index < -0.39 is 6.10 Å². The molecule has 0 bridgehead atoms. The summed E-state index contributed by atoms with van der Waals surface area (Å²) in [5.41, 5.74) is 2.30. The normalized spacial score (nSPS) is 17.1. The van der Waals surface area contributed by atoms with Gasteiger partial charge >= 0.3 is 0 Å². The van der Waals surface area contributed by atoms with Crippen LogP contribution in [0.4, 0.5) is 0 Å². The van der Waals surface area contributed by atoms with E-state index in [2.05, 4.69) is 6.08 Å². The predicted octanol–water partition coefficient (Wildman–Crippen LogP) is 4.01. The van der Waals surface area contributed by atoms with Gasteiger partial charge in [0.25, 0.3) is 0 Å². The van der Waals surface area contributed by atoms with Crippen molar-refractivity contribution in [3.8, 4) is 5.75 Å². The molecule has 2 heteroatoms. The topological polar surface area (TPSA) is 29.5 Å². The number of aliphatic hydroxyl groups excluding tert-OH is 1. The summed E-state index contributed by atoms with van der Waals surface area (Å²) in [5.74, 6) is 0.809. The van der Waals surface area contributed by atoms with E-state index in [0.717, 1.165) is 30.6 Å². The Balaban J connectivity index is 2.07. The molecule has 0 spiro atoms. The molecule has 0 heterocycles. The molecule has 18 heavy (non-hydrogen) atoms. The summed E-state index contributed by atoms with van der Waals surface area (Å²) < 4.78 is 5.57. The highest BCUT2D eigenvalue weighted by atomic mass is 16.5. The highest BCUT2D eigenvalue weighted by molar-refractivity contribution is 5.35. The Morgan fingerprint density at radius 2 is 2.11 bits per heavy atom. The molecule has 0 aliphatic heterocycles. The van der Waals surface area contributed by atoms with Crippen LogP contribution in [0.1, 0.15) is 50.7 Å². The zero-order valence-corrected chi connectivity index (χ0v) is 11.1. The Kier molecular flexibility index (Phi) is 4.82. The van der Waals surface area contributed by atoms with Crippen molar-refractivity contribution in [2.45, 2.75) is 45.1 Å². The van der Waals surface area contributed by atoms with Gasteiger partial charge < -0.3 is 9.84 Å². The molecule has 1 atom stereocenters. The maximum Gasteiger partial charge on any atom is 0.125 e. The summed E-state index contributed by atoms with van der Waals surface area (Å²) in [6, 6.07) is 7.79. The number of allylic oxidation sites excluding steroid dienone is 1. The Bertz CT molecular complexity index is 409. The predicted molar refractivity (Wildman–Crippen MR) is 73.7 cm³/mol. The molecule has 98 valence electrons. The SMILES string of the molecule is CCOc1ccccc1C(O)CC1=CCCCC1. The van der Waals surface area contributed by atoms with Crippen LogP contribution in [0.2, 0.25) is 0 Å². The largest absolute Gasteiger partial charge is 0.493 e. The lowest BCUT2D eigenvalue weighted by molar-refractivity contribution is 0.170. The number of para-hydroxylation sites is 1. The van der Waals surface area contributed by atoms with E-state index in [1.807, 2.05) is 31.2 Å². The summed E-state index contributed by atoms with van der Waals surface area (Å²) in [6.07, 6.45) is 7.42. The van der Waals surface area contributed by atoms with Gasteiger partial charge in [-0.2, -0.15) is 0 Å². The number of rotatable bonds is 5. The van der Waals surface area contributed by atoms with Gasteiger partial charge in [0.05, 0.1) is 12.7 Å². The first-order chi connectivity index (χ1) is 8.81. The van der Waals surface area contributed by atoms with Crippen molar-refractivity contribution in [3.63, 3.8) is 0 Å². The molecule has 1 N–H and O–H groups in total. The van der Waals surface area contributed by atoms with Crippen LogP contribution in [0.15, 0.2) is 35.9 Å². The van der Waals surface area contributed by atoms with E-state index >= 15 is 0 Å². The Morgan fingerprint density at radius 3 is 2.83 bits per heavy atom. The fraction of sp³-hybridized carbons (Fsp3) is 0.500. The number of aliphatic hydroxyl groups is 1. The Labute approximate surface area is 109 Å². The van der Waals surface area contributed by atoms with Crippen LogP contribution in [-0.4, -0.2) is 11.7 Å². The van der Waals surface area contributed by atoms with Crippen molar-refractivity contribution in [1.82, 2.24) is 0 Å². The van der Waals surface area contributed by atoms with Gasteiger partial charge in [0.15, 0.2) is 0 Å². The molecule has 1 aliphatic rings. The lowest BCUT2D eigenvalue weighted by Gasteiger charge is -2.19. The second kappa shape index (κ2) is 6.60. The molecule has 1 aromatic rings. The van der Waals surface area contributed by atoms with Crippen molar-refractivity contribution >= 4 is 0 Å². The fourth-order valence-corrected chi connectivity index (χ4v) is 2.49. The molecule has 0 fully saturated rings. The van der Waals surface area contributed by atoms with Gasteiger partial charge in [0, 0.05) is 5.56 Å². The summed E-state index contributed by atoms with van der Waals surface area (Å²) >= 11 is 0.